The van der Waals surface area contributed by atoms with Crippen molar-refractivity contribution < 1.29 is 0 Å². The van der Waals surface area contributed by atoms with E-state index in [1.165, 1.54) is 35.1 Å². The maximum Gasteiger partial charge on any atom is 0.225 e. The molecule has 1 fully saturated rings. The lowest BCUT2D eigenvalue weighted by molar-refractivity contribution is 0.218. The second-order valence-corrected chi connectivity index (χ2v) is 10.9. The van der Waals surface area contributed by atoms with Crippen LogP contribution in [-0.4, -0.2) is 48.1 Å². The van der Waals surface area contributed by atoms with Crippen LogP contribution in [0, 0.1) is 11.3 Å². The minimum Gasteiger partial charge on any atom is -0.356 e. The Balaban J connectivity index is 1.73. The number of fused-ring (bicyclic) bond motifs is 3. The molecule has 3 heterocycles. The third kappa shape index (κ3) is 3.70. The van der Waals surface area contributed by atoms with Gasteiger partial charge in [-0.2, -0.15) is 4.98 Å². The number of rotatable bonds is 2. The van der Waals surface area contributed by atoms with Crippen LogP contribution < -0.4 is 4.90 Å². The van der Waals surface area contributed by atoms with Gasteiger partial charge < -0.3 is 9.80 Å². The zero-order valence-corrected chi connectivity index (χ0v) is 18.8. The van der Waals surface area contributed by atoms with E-state index in [9.17, 15) is 0 Å². The van der Waals surface area contributed by atoms with E-state index in [0.29, 0.717) is 16.7 Å². The number of hydrogen-bond donors (Lipinski definition) is 0. The van der Waals surface area contributed by atoms with Crippen molar-refractivity contribution in [2.24, 2.45) is 11.3 Å². The summed E-state index contributed by atoms with van der Waals surface area (Å²) in [4.78, 5) is 16.7. The van der Waals surface area contributed by atoms with Crippen molar-refractivity contribution in [3.8, 4) is 0 Å². The molecular formula is C21H31ClN4S. The zero-order chi connectivity index (χ0) is 19.3. The molecule has 2 aromatic heterocycles. The van der Waals surface area contributed by atoms with Crippen LogP contribution in [0.3, 0.4) is 0 Å². The first-order chi connectivity index (χ1) is 12.7. The SMILES string of the molecule is CN1CCC(N(C)c2nc(Cl)nc3sc4c(c23)CCC(C(C)(C)C)C4)CC1. The second-order valence-electron chi connectivity index (χ2n) is 9.45. The summed E-state index contributed by atoms with van der Waals surface area (Å²) in [6.45, 7) is 9.39. The summed E-state index contributed by atoms with van der Waals surface area (Å²) in [5.74, 6) is 1.78. The number of piperidine rings is 1. The van der Waals surface area contributed by atoms with Gasteiger partial charge in [0.25, 0.3) is 0 Å². The van der Waals surface area contributed by atoms with Gasteiger partial charge in [0.15, 0.2) is 0 Å². The van der Waals surface area contributed by atoms with E-state index in [0.717, 1.165) is 42.5 Å². The van der Waals surface area contributed by atoms with Gasteiger partial charge in [0.05, 0.1) is 5.39 Å². The van der Waals surface area contributed by atoms with Crippen molar-refractivity contribution in [1.29, 1.82) is 0 Å². The van der Waals surface area contributed by atoms with Gasteiger partial charge in [-0.1, -0.05) is 20.8 Å². The van der Waals surface area contributed by atoms with Gasteiger partial charge in [0, 0.05) is 18.0 Å². The Bertz CT molecular complexity index is 833. The fourth-order valence-electron chi connectivity index (χ4n) is 4.68. The molecule has 148 valence electrons. The van der Waals surface area contributed by atoms with E-state index in [4.69, 9.17) is 16.6 Å². The van der Waals surface area contributed by atoms with E-state index >= 15 is 0 Å². The highest BCUT2D eigenvalue weighted by atomic mass is 35.5. The number of nitrogens with zero attached hydrogens (tertiary/aromatic N) is 4. The van der Waals surface area contributed by atoms with Crippen LogP contribution in [0.25, 0.3) is 10.2 Å². The van der Waals surface area contributed by atoms with Gasteiger partial charge in [-0.15, -0.1) is 11.3 Å². The van der Waals surface area contributed by atoms with E-state index in [2.05, 4.69) is 49.7 Å². The monoisotopic (exact) mass is 406 g/mol. The first kappa shape index (κ1) is 19.4. The third-order valence-corrected chi connectivity index (χ3v) is 7.97. The fraction of sp³-hybridized carbons (Fsp3) is 0.714. The Morgan fingerprint density at radius 2 is 1.85 bits per heavy atom. The first-order valence-electron chi connectivity index (χ1n) is 10.1. The molecule has 1 aliphatic heterocycles. The Morgan fingerprint density at radius 1 is 1.15 bits per heavy atom. The molecular weight excluding hydrogens is 376 g/mol. The van der Waals surface area contributed by atoms with Crippen molar-refractivity contribution in [2.75, 3.05) is 32.1 Å². The van der Waals surface area contributed by atoms with E-state index in [-0.39, 0.29) is 0 Å². The maximum atomic E-state index is 6.34. The van der Waals surface area contributed by atoms with Crippen LogP contribution >= 0.6 is 22.9 Å². The minimum atomic E-state index is 0.352. The molecule has 2 aliphatic rings. The lowest BCUT2D eigenvalue weighted by atomic mass is 9.72. The molecule has 1 aliphatic carbocycles. The maximum absolute atomic E-state index is 6.34. The van der Waals surface area contributed by atoms with Gasteiger partial charge in [-0.25, -0.2) is 4.98 Å². The van der Waals surface area contributed by atoms with E-state index < -0.39 is 0 Å². The standard InChI is InChI=1S/C21H31ClN4S/c1-21(2,3)13-6-7-15-16(12-13)27-19-17(15)18(23-20(22)24-19)26(5)14-8-10-25(4)11-9-14/h13-14H,6-12H2,1-5H3. The average Bonchev–Trinajstić information content (AvgIpc) is 2.97. The Labute approximate surface area is 171 Å². The summed E-state index contributed by atoms with van der Waals surface area (Å²) in [5, 5.41) is 1.65. The predicted octanol–water partition coefficient (Wildman–Crippen LogP) is 5.03. The average molecular weight is 407 g/mol. The number of aromatic nitrogens is 2. The number of aryl methyl sites for hydroxylation is 1. The summed E-state index contributed by atoms with van der Waals surface area (Å²) in [7, 11) is 4.40. The molecule has 0 bridgehead atoms. The molecule has 0 N–H and O–H groups in total. The highest BCUT2D eigenvalue weighted by Crippen LogP contribution is 2.45. The fourth-order valence-corrected chi connectivity index (χ4v) is 6.19. The lowest BCUT2D eigenvalue weighted by Crippen LogP contribution is -2.42. The predicted molar refractivity (Wildman–Crippen MR) is 116 cm³/mol. The van der Waals surface area contributed by atoms with Crippen LogP contribution in [0.5, 0.6) is 0 Å². The molecule has 4 rings (SSSR count). The van der Waals surface area contributed by atoms with E-state index in [1.54, 1.807) is 0 Å². The summed E-state index contributed by atoms with van der Waals surface area (Å²) in [6, 6.07) is 0.525. The minimum absolute atomic E-state index is 0.352. The zero-order valence-electron chi connectivity index (χ0n) is 17.2. The molecule has 1 saturated heterocycles. The summed E-state index contributed by atoms with van der Waals surface area (Å²) >= 11 is 8.19. The van der Waals surface area contributed by atoms with Crippen LogP contribution in [0.1, 0.15) is 50.5 Å². The molecule has 0 amide bonds. The topological polar surface area (TPSA) is 32.3 Å². The Hall–Kier alpha value is -0.910. The molecule has 1 atom stereocenters. The van der Waals surface area contributed by atoms with Crippen molar-refractivity contribution >= 4 is 39.0 Å². The number of likely N-dealkylation sites (tertiary alicyclic amines) is 1. The summed E-state index contributed by atoms with van der Waals surface area (Å²) < 4.78 is 0. The smallest absolute Gasteiger partial charge is 0.225 e. The van der Waals surface area contributed by atoms with Crippen molar-refractivity contribution in [2.45, 2.75) is 58.9 Å². The third-order valence-electron chi connectivity index (χ3n) is 6.66. The number of anilines is 1. The van der Waals surface area contributed by atoms with Gasteiger partial charge in [-0.3, -0.25) is 0 Å². The normalized spacial score (nSPS) is 22.2. The van der Waals surface area contributed by atoms with Gasteiger partial charge in [-0.05, 0) is 80.7 Å². The molecule has 27 heavy (non-hydrogen) atoms. The Morgan fingerprint density at radius 3 is 2.52 bits per heavy atom. The molecule has 4 nitrogen and oxygen atoms in total. The molecule has 0 saturated carbocycles. The first-order valence-corrected chi connectivity index (χ1v) is 11.3. The largest absolute Gasteiger partial charge is 0.356 e. The van der Waals surface area contributed by atoms with Gasteiger partial charge in [0.2, 0.25) is 5.28 Å². The molecule has 2 aromatic rings. The molecule has 1 unspecified atom stereocenters. The van der Waals surface area contributed by atoms with Crippen molar-refractivity contribution in [3.05, 3.63) is 15.7 Å². The van der Waals surface area contributed by atoms with Gasteiger partial charge in [0.1, 0.15) is 10.6 Å². The highest BCUT2D eigenvalue weighted by molar-refractivity contribution is 7.19. The molecule has 0 spiro atoms. The second kappa shape index (κ2) is 7.16. The highest BCUT2D eigenvalue weighted by Gasteiger charge is 2.33. The van der Waals surface area contributed by atoms with Gasteiger partial charge >= 0.3 is 0 Å². The molecule has 0 aromatic carbocycles. The lowest BCUT2D eigenvalue weighted by Gasteiger charge is -2.36. The van der Waals surface area contributed by atoms with Crippen molar-refractivity contribution in [1.82, 2.24) is 14.9 Å². The van der Waals surface area contributed by atoms with E-state index in [1.807, 2.05) is 11.3 Å². The quantitative estimate of drug-likeness (QED) is 0.655. The van der Waals surface area contributed by atoms with Crippen LogP contribution in [-0.2, 0) is 12.8 Å². The van der Waals surface area contributed by atoms with Crippen LogP contribution in [0.15, 0.2) is 0 Å². The molecule has 0 radical (unpaired) electrons. The Kier molecular flexibility index (Phi) is 5.15. The number of thiophene rings is 1. The molecule has 6 heteroatoms. The summed E-state index contributed by atoms with van der Waals surface area (Å²) in [6.07, 6.45) is 5.90. The van der Waals surface area contributed by atoms with Crippen LogP contribution in [0.2, 0.25) is 5.28 Å². The van der Waals surface area contributed by atoms with Crippen LogP contribution in [0.4, 0.5) is 5.82 Å². The summed E-state index contributed by atoms with van der Waals surface area (Å²) in [5.41, 5.74) is 1.84. The van der Waals surface area contributed by atoms with Crippen molar-refractivity contribution in [3.63, 3.8) is 0 Å². The number of hydrogen-bond acceptors (Lipinski definition) is 5. The number of halogens is 1.